The summed E-state index contributed by atoms with van der Waals surface area (Å²) in [6, 6.07) is 10.5. The molecule has 29 heavy (non-hydrogen) atoms. The zero-order chi connectivity index (χ0) is 20.4. The quantitative estimate of drug-likeness (QED) is 0.730. The van der Waals surface area contributed by atoms with Crippen molar-refractivity contribution in [2.24, 2.45) is 11.3 Å². The Morgan fingerprint density at radius 2 is 1.34 bits per heavy atom. The van der Waals surface area contributed by atoms with Crippen LogP contribution in [0.15, 0.2) is 30.3 Å². The summed E-state index contributed by atoms with van der Waals surface area (Å²) in [7, 11) is 0. The number of piperidine rings is 1. The molecule has 3 aliphatic rings. The van der Waals surface area contributed by atoms with Crippen LogP contribution in [0.2, 0.25) is 0 Å². The Hall–Kier alpha value is -2.37. The van der Waals surface area contributed by atoms with Crippen LogP contribution in [0.25, 0.3) is 0 Å². The zero-order valence-electron chi connectivity index (χ0n) is 17.3. The van der Waals surface area contributed by atoms with Crippen molar-refractivity contribution in [2.45, 2.75) is 39.0 Å². The fourth-order valence-corrected chi connectivity index (χ4v) is 4.76. The van der Waals surface area contributed by atoms with E-state index in [0.29, 0.717) is 44.9 Å². The minimum atomic E-state index is -0.815. The van der Waals surface area contributed by atoms with Gasteiger partial charge in [0.05, 0.1) is 0 Å². The van der Waals surface area contributed by atoms with E-state index in [1.807, 2.05) is 11.0 Å². The number of benzene rings is 1. The first-order valence-electron chi connectivity index (χ1n) is 10.9. The highest BCUT2D eigenvalue weighted by molar-refractivity contribution is 6.08. The first kappa shape index (κ1) is 19.9. The number of nitrogens with zero attached hydrogens (tertiary/aromatic N) is 3. The van der Waals surface area contributed by atoms with Crippen molar-refractivity contribution in [2.75, 3.05) is 39.3 Å². The lowest BCUT2D eigenvalue weighted by molar-refractivity contribution is -0.152. The summed E-state index contributed by atoms with van der Waals surface area (Å²) >= 11 is 0. The number of carbonyl (C=O) groups excluding carboxylic acids is 3. The molecule has 2 aliphatic heterocycles. The molecule has 0 aromatic heterocycles. The maximum atomic E-state index is 13.2. The number of likely N-dealkylation sites (tertiary alicyclic amines) is 1. The fraction of sp³-hybridized carbons (Fsp3) is 0.609. The lowest BCUT2D eigenvalue weighted by atomic mass is 9.89. The highest BCUT2D eigenvalue weighted by Gasteiger charge is 2.59. The fourth-order valence-electron chi connectivity index (χ4n) is 4.76. The average Bonchev–Trinajstić information content (AvgIpc) is 3.56. The monoisotopic (exact) mass is 397 g/mol. The maximum Gasteiger partial charge on any atom is 0.238 e. The van der Waals surface area contributed by atoms with Crippen LogP contribution in [-0.4, -0.2) is 71.7 Å². The van der Waals surface area contributed by atoms with Gasteiger partial charge in [0.15, 0.2) is 0 Å². The van der Waals surface area contributed by atoms with Gasteiger partial charge in [-0.1, -0.05) is 30.3 Å². The molecule has 0 unspecified atom stereocenters. The minimum absolute atomic E-state index is 0.0166. The second kappa shape index (κ2) is 8.17. The Bertz CT molecular complexity index is 759. The Kier molecular flexibility index (Phi) is 5.61. The molecule has 1 aromatic carbocycles. The average molecular weight is 398 g/mol. The third-order valence-corrected chi connectivity index (χ3v) is 6.85. The largest absolute Gasteiger partial charge is 0.342 e. The molecule has 0 spiro atoms. The van der Waals surface area contributed by atoms with Crippen LogP contribution in [0.3, 0.4) is 0 Å². The van der Waals surface area contributed by atoms with Gasteiger partial charge in [-0.15, -0.1) is 0 Å². The maximum absolute atomic E-state index is 13.2. The lowest BCUT2D eigenvalue weighted by Gasteiger charge is -2.38. The molecule has 0 atom stereocenters. The van der Waals surface area contributed by atoms with Crippen LogP contribution in [0.4, 0.5) is 0 Å². The molecule has 2 saturated heterocycles. The smallest absolute Gasteiger partial charge is 0.238 e. The predicted octanol–water partition coefficient (Wildman–Crippen LogP) is 1.94. The molecule has 1 aliphatic carbocycles. The van der Waals surface area contributed by atoms with Gasteiger partial charge in [0.1, 0.15) is 5.41 Å². The Morgan fingerprint density at radius 1 is 0.828 bits per heavy atom. The summed E-state index contributed by atoms with van der Waals surface area (Å²) in [6.07, 6.45) is 4.40. The van der Waals surface area contributed by atoms with Gasteiger partial charge in [-0.2, -0.15) is 0 Å². The number of hydrogen-bond acceptors (Lipinski definition) is 3. The summed E-state index contributed by atoms with van der Waals surface area (Å²) in [6.45, 7) is 5.27. The van der Waals surface area contributed by atoms with Crippen molar-refractivity contribution in [3.8, 4) is 0 Å². The third-order valence-electron chi connectivity index (χ3n) is 6.85. The lowest BCUT2D eigenvalue weighted by Crippen LogP contribution is -2.55. The van der Waals surface area contributed by atoms with Gasteiger partial charge in [-0.25, -0.2) is 0 Å². The number of piperazine rings is 1. The molecule has 3 fully saturated rings. The van der Waals surface area contributed by atoms with E-state index in [2.05, 4.69) is 24.3 Å². The SMILES string of the molecule is CC(=O)N1CCN(C(=O)C2(C(=O)N3CCC(Cc4ccccc4)CC3)CC2)CC1. The van der Waals surface area contributed by atoms with Gasteiger partial charge in [0.2, 0.25) is 17.7 Å². The normalized spacial score (nSPS) is 21.8. The van der Waals surface area contributed by atoms with Crippen LogP contribution in [0, 0.1) is 11.3 Å². The number of carbonyl (C=O) groups is 3. The minimum Gasteiger partial charge on any atom is -0.342 e. The van der Waals surface area contributed by atoms with E-state index in [9.17, 15) is 14.4 Å². The van der Waals surface area contributed by atoms with Crippen molar-refractivity contribution < 1.29 is 14.4 Å². The van der Waals surface area contributed by atoms with Gasteiger partial charge < -0.3 is 14.7 Å². The van der Waals surface area contributed by atoms with E-state index < -0.39 is 5.41 Å². The van der Waals surface area contributed by atoms with Gasteiger partial charge in [0, 0.05) is 46.2 Å². The second-order valence-corrected chi connectivity index (χ2v) is 8.81. The van der Waals surface area contributed by atoms with Crippen molar-refractivity contribution >= 4 is 17.7 Å². The first-order valence-corrected chi connectivity index (χ1v) is 10.9. The van der Waals surface area contributed by atoms with Gasteiger partial charge in [-0.05, 0) is 43.6 Å². The molecule has 4 rings (SSSR count). The Morgan fingerprint density at radius 3 is 1.86 bits per heavy atom. The molecule has 1 saturated carbocycles. The second-order valence-electron chi connectivity index (χ2n) is 8.81. The van der Waals surface area contributed by atoms with Gasteiger partial charge in [-0.3, -0.25) is 14.4 Å². The molecule has 6 heteroatoms. The molecule has 156 valence electrons. The topological polar surface area (TPSA) is 60.9 Å². The molecule has 3 amide bonds. The molecule has 0 N–H and O–H groups in total. The van der Waals surface area contributed by atoms with Crippen LogP contribution >= 0.6 is 0 Å². The predicted molar refractivity (Wildman–Crippen MR) is 110 cm³/mol. The Labute approximate surface area is 172 Å². The first-order chi connectivity index (χ1) is 14.0. The summed E-state index contributed by atoms with van der Waals surface area (Å²) < 4.78 is 0. The molecular formula is C23H31N3O3. The van der Waals surface area contributed by atoms with Crippen molar-refractivity contribution in [1.29, 1.82) is 0 Å². The standard InChI is InChI=1S/C23H31N3O3/c1-18(27)24-13-15-26(16-14-24)22(29)23(9-10-23)21(28)25-11-7-20(8-12-25)17-19-5-3-2-4-6-19/h2-6,20H,7-17H2,1H3. The molecule has 0 bridgehead atoms. The van der Waals surface area contributed by atoms with E-state index in [4.69, 9.17) is 0 Å². The van der Waals surface area contributed by atoms with E-state index in [-0.39, 0.29) is 17.7 Å². The highest BCUT2D eigenvalue weighted by Crippen LogP contribution is 2.49. The van der Waals surface area contributed by atoms with Crippen molar-refractivity contribution in [3.05, 3.63) is 35.9 Å². The molecule has 2 heterocycles. The Balaban J connectivity index is 1.30. The number of rotatable bonds is 4. The molecule has 0 radical (unpaired) electrons. The molecule has 1 aromatic rings. The van der Waals surface area contributed by atoms with Crippen LogP contribution in [-0.2, 0) is 20.8 Å². The summed E-state index contributed by atoms with van der Waals surface area (Å²) in [5.41, 5.74) is 0.542. The number of amides is 3. The molecule has 6 nitrogen and oxygen atoms in total. The van der Waals surface area contributed by atoms with Gasteiger partial charge >= 0.3 is 0 Å². The van der Waals surface area contributed by atoms with Crippen LogP contribution in [0.5, 0.6) is 0 Å². The zero-order valence-corrected chi connectivity index (χ0v) is 17.3. The summed E-state index contributed by atoms with van der Waals surface area (Å²) in [5.74, 6) is 0.673. The van der Waals surface area contributed by atoms with E-state index in [0.717, 1.165) is 32.4 Å². The third kappa shape index (κ3) is 4.16. The van der Waals surface area contributed by atoms with E-state index in [1.165, 1.54) is 5.56 Å². The van der Waals surface area contributed by atoms with Crippen LogP contribution in [0.1, 0.15) is 38.2 Å². The van der Waals surface area contributed by atoms with E-state index >= 15 is 0 Å². The highest BCUT2D eigenvalue weighted by atomic mass is 16.2. The number of hydrogen-bond donors (Lipinski definition) is 0. The summed E-state index contributed by atoms with van der Waals surface area (Å²) in [4.78, 5) is 43.3. The van der Waals surface area contributed by atoms with Crippen LogP contribution < -0.4 is 0 Å². The summed E-state index contributed by atoms with van der Waals surface area (Å²) in [5, 5.41) is 0. The van der Waals surface area contributed by atoms with Crippen molar-refractivity contribution in [1.82, 2.24) is 14.7 Å². The van der Waals surface area contributed by atoms with E-state index in [1.54, 1.807) is 16.7 Å². The van der Waals surface area contributed by atoms with Gasteiger partial charge in [0.25, 0.3) is 0 Å². The molecular weight excluding hydrogens is 366 g/mol. The van der Waals surface area contributed by atoms with Crippen molar-refractivity contribution in [3.63, 3.8) is 0 Å².